The van der Waals surface area contributed by atoms with E-state index in [-0.39, 0.29) is 21.4 Å². The molecule has 0 unspecified atom stereocenters. The first-order valence-corrected chi connectivity index (χ1v) is 5.35. The van der Waals surface area contributed by atoms with Gasteiger partial charge in [0.05, 0.1) is 21.9 Å². The van der Waals surface area contributed by atoms with Gasteiger partial charge in [-0.1, -0.05) is 0 Å². The molecule has 16 heavy (non-hydrogen) atoms. The maximum absolute atomic E-state index is 12.6. The Morgan fingerprint density at radius 3 is 2.75 bits per heavy atom. The molecule has 0 amide bonds. The largest absolute Gasteiger partial charge is 0.465 e. The molecule has 0 fully saturated rings. The van der Waals surface area contributed by atoms with Gasteiger partial charge in [0.2, 0.25) is 0 Å². The molecule has 0 saturated carbocycles. The molecule has 0 saturated heterocycles. The van der Waals surface area contributed by atoms with Crippen LogP contribution in [0.2, 0.25) is 0 Å². The highest BCUT2D eigenvalue weighted by molar-refractivity contribution is 14.1. The number of alkyl halides is 2. The fraction of sp³-hybridized carbons (Fsp3) is 0.333. The Labute approximate surface area is 104 Å². The zero-order valence-corrected chi connectivity index (χ0v) is 10.5. The number of rotatable bonds is 3. The van der Waals surface area contributed by atoms with Gasteiger partial charge in [0, 0.05) is 6.54 Å². The lowest BCUT2D eigenvalue weighted by molar-refractivity contribution is 0.0598. The van der Waals surface area contributed by atoms with E-state index in [1.807, 2.05) is 0 Å². The van der Waals surface area contributed by atoms with E-state index in [9.17, 15) is 13.6 Å². The normalized spacial score (nSPS) is 10.6. The van der Waals surface area contributed by atoms with Crippen LogP contribution in [0.4, 0.5) is 8.78 Å². The van der Waals surface area contributed by atoms with Crippen molar-refractivity contribution in [3.63, 3.8) is 0 Å². The van der Waals surface area contributed by atoms with Gasteiger partial charge in [-0.15, -0.1) is 0 Å². The maximum Gasteiger partial charge on any atom is 0.339 e. The Kier molecular flexibility index (Phi) is 4.54. The van der Waals surface area contributed by atoms with Crippen LogP contribution in [-0.4, -0.2) is 18.1 Å². The Morgan fingerprint density at radius 2 is 2.31 bits per heavy atom. The Bertz CT molecular complexity index is 413. The molecule has 2 N–H and O–H groups in total. The zero-order valence-electron chi connectivity index (χ0n) is 8.34. The highest BCUT2D eigenvalue weighted by atomic mass is 127. The molecule has 1 heterocycles. The molecule has 88 valence electrons. The molecule has 0 aliphatic rings. The van der Waals surface area contributed by atoms with Crippen LogP contribution in [-0.2, 0) is 11.3 Å². The highest BCUT2D eigenvalue weighted by Crippen LogP contribution is 2.26. The predicted molar refractivity (Wildman–Crippen MR) is 61.1 cm³/mol. The van der Waals surface area contributed by atoms with E-state index in [0.29, 0.717) is 0 Å². The van der Waals surface area contributed by atoms with Crippen LogP contribution >= 0.6 is 22.6 Å². The standard InChI is InChI=1S/C9H9F2IN2O2/c1-16-9(15)5-2-4(3-13)14-7(6(5)12)8(10)11/h2,8H,3,13H2,1H3. The zero-order chi connectivity index (χ0) is 12.3. The SMILES string of the molecule is COC(=O)c1cc(CN)nc(C(F)F)c1I. The fourth-order valence-electron chi connectivity index (χ4n) is 1.11. The summed E-state index contributed by atoms with van der Waals surface area (Å²) in [6.45, 7) is -0.0133. The van der Waals surface area contributed by atoms with E-state index in [4.69, 9.17) is 5.73 Å². The smallest absolute Gasteiger partial charge is 0.339 e. The Hall–Kier alpha value is -0.830. The minimum absolute atomic E-state index is 0.0133. The number of carbonyl (C=O) groups excluding carboxylic acids is 1. The first-order chi connectivity index (χ1) is 7.51. The highest BCUT2D eigenvalue weighted by Gasteiger charge is 2.21. The number of nitrogens with zero attached hydrogens (tertiary/aromatic N) is 1. The molecule has 1 aromatic heterocycles. The molecule has 0 aliphatic carbocycles. The summed E-state index contributed by atoms with van der Waals surface area (Å²) in [5, 5.41) is 0. The van der Waals surface area contributed by atoms with Crippen LogP contribution < -0.4 is 5.73 Å². The van der Waals surface area contributed by atoms with Gasteiger partial charge in [0.15, 0.2) is 0 Å². The third kappa shape index (κ3) is 2.64. The topological polar surface area (TPSA) is 65.2 Å². The van der Waals surface area contributed by atoms with Crippen molar-refractivity contribution in [2.75, 3.05) is 7.11 Å². The summed E-state index contributed by atoms with van der Waals surface area (Å²) in [5.74, 6) is -0.677. The van der Waals surface area contributed by atoms with Crippen LogP contribution in [0.1, 0.15) is 28.2 Å². The van der Waals surface area contributed by atoms with Crippen LogP contribution in [0, 0.1) is 3.57 Å². The van der Waals surface area contributed by atoms with E-state index in [1.165, 1.54) is 13.2 Å². The quantitative estimate of drug-likeness (QED) is 0.673. The fourth-order valence-corrected chi connectivity index (χ4v) is 1.84. The molecule has 4 nitrogen and oxygen atoms in total. The maximum atomic E-state index is 12.6. The van der Waals surface area contributed by atoms with Crippen LogP contribution in [0.5, 0.6) is 0 Å². The van der Waals surface area contributed by atoms with Crippen molar-refractivity contribution in [2.45, 2.75) is 13.0 Å². The van der Waals surface area contributed by atoms with Gasteiger partial charge in [-0.25, -0.2) is 18.6 Å². The third-order valence-corrected chi connectivity index (χ3v) is 2.99. The average molecular weight is 342 g/mol. The van der Waals surface area contributed by atoms with E-state index >= 15 is 0 Å². The molecular weight excluding hydrogens is 333 g/mol. The number of halogens is 3. The van der Waals surface area contributed by atoms with Crippen LogP contribution in [0.25, 0.3) is 0 Å². The molecule has 1 rings (SSSR count). The summed E-state index contributed by atoms with van der Waals surface area (Å²) in [5.41, 5.74) is 5.17. The number of esters is 1. The van der Waals surface area contributed by atoms with E-state index in [0.717, 1.165) is 0 Å². The number of ether oxygens (including phenoxy) is 1. The van der Waals surface area contributed by atoms with E-state index in [1.54, 1.807) is 22.6 Å². The number of aromatic nitrogens is 1. The summed E-state index contributed by atoms with van der Waals surface area (Å²) in [6.07, 6.45) is -2.75. The second kappa shape index (κ2) is 5.48. The monoisotopic (exact) mass is 342 g/mol. The van der Waals surface area contributed by atoms with Gasteiger partial charge >= 0.3 is 5.97 Å². The number of hydrogen-bond acceptors (Lipinski definition) is 4. The molecule has 0 spiro atoms. The van der Waals surface area contributed by atoms with Gasteiger partial charge < -0.3 is 10.5 Å². The summed E-state index contributed by atoms with van der Waals surface area (Å²) >= 11 is 1.64. The van der Waals surface area contributed by atoms with Crippen molar-refractivity contribution >= 4 is 28.6 Å². The van der Waals surface area contributed by atoms with E-state index in [2.05, 4.69) is 9.72 Å². The lowest BCUT2D eigenvalue weighted by Crippen LogP contribution is -2.12. The summed E-state index contributed by atoms with van der Waals surface area (Å²) in [6, 6.07) is 1.36. The number of pyridine rings is 1. The first kappa shape index (κ1) is 13.2. The molecule has 0 atom stereocenters. The Balaban J connectivity index is 3.37. The molecule has 0 aromatic carbocycles. The molecular formula is C9H9F2IN2O2. The predicted octanol–water partition coefficient (Wildman–Crippen LogP) is 1.87. The Morgan fingerprint density at radius 1 is 1.69 bits per heavy atom. The first-order valence-electron chi connectivity index (χ1n) is 4.27. The lowest BCUT2D eigenvalue weighted by Gasteiger charge is -2.09. The van der Waals surface area contributed by atoms with Crippen molar-refractivity contribution in [2.24, 2.45) is 5.73 Å². The number of methoxy groups -OCH3 is 1. The number of carbonyl (C=O) groups is 1. The van der Waals surface area contributed by atoms with E-state index < -0.39 is 18.1 Å². The van der Waals surface area contributed by atoms with Crippen molar-refractivity contribution < 1.29 is 18.3 Å². The average Bonchev–Trinajstić information content (AvgIpc) is 2.28. The van der Waals surface area contributed by atoms with Crippen LogP contribution in [0.15, 0.2) is 6.07 Å². The van der Waals surface area contributed by atoms with Gasteiger partial charge in [-0.2, -0.15) is 0 Å². The lowest BCUT2D eigenvalue weighted by atomic mass is 10.2. The van der Waals surface area contributed by atoms with Crippen molar-refractivity contribution in [3.8, 4) is 0 Å². The second-order valence-corrected chi connectivity index (χ2v) is 3.94. The molecule has 1 aromatic rings. The summed E-state index contributed by atoms with van der Waals surface area (Å²) in [4.78, 5) is 15.0. The summed E-state index contributed by atoms with van der Waals surface area (Å²) < 4.78 is 29.9. The minimum Gasteiger partial charge on any atom is -0.465 e. The van der Waals surface area contributed by atoms with Crippen molar-refractivity contribution in [1.82, 2.24) is 4.98 Å². The second-order valence-electron chi connectivity index (χ2n) is 2.86. The minimum atomic E-state index is -2.75. The number of nitrogens with two attached hydrogens (primary N) is 1. The van der Waals surface area contributed by atoms with Crippen LogP contribution in [0.3, 0.4) is 0 Å². The summed E-state index contributed by atoms with van der Waals surface area (Å²) in [7, 11) is 1.18. The third-order valence-electron chi connectivity index (χ3n) is 1.86. The molecule has 0 radical (unpaired) electrons. The van der Waals surface area contributed by atoms with Gasteiger partial charge in [-0.05, 0) is 28.7 Å². The van der Waals surface area contributed by atoms with Gasteiger partial charge in [0.25, 0.3) is 6.43 Å². The molecule has 0 bridgehead atoms. The van der Waals surface area contributed by atoms with Crippen molar-refractivity contribution in [3.05, 3.63) is 26.6 Å². The van der Waals surface area contributed by atoms with Gasteiger partial charge in [-0.3, -0.25) is 0 Å². The van der Waals surface area contributed by atoms with Crippen molar-refractivity contribution in [1.29, 1.82) is 0 Å². The van der Waals surface area contributed by atoms with Gasteiger partial charge in [0.1, 0.15) is 5.69 Å². The molecule has 0 aliphatic heterocycles. The number of hydrogen-bond donors (Lipinski definition) is 1. The molecule has 7 heteroatoms.